The number of hydrogen-bond donors (Lipinski definition) is 2. The van der Waals surface area contributed by atoms with E-state index in [2.05, 4.69) is 25.0 Å². The molecule has 1 spiro atoms. The number of hydrogen-bond acceptors (Lipinski definition) is 7. The molecule has 2 aliphatic rings. The van der Waals surface area contributed by atoms with Crippen molar-refractivity contribution in [2.75, 3.05) is 36.8 Å². The predicted molar refractivity (Wildman–Crippen MR) is 116 cm³/mol. The normalized spacial score (nSPS) is 23.2. The zero-order valence-electron chi connectivity index (χ0n) is 16.5. The second-order valence-electron chi connectivity index (χ2n) is 7.95. The molecule has 1 unspecified atom stereocenters. The molecule has 1 aromatic carbocycles. The molecule has 1 aromatic heterocycles. The number of rotatable bonds is 5. The van der Waals surface area contributed by atoms with Gasteiger partial charge in [-0.15, -0.1) is 10.2 Å². The number of benzene rings is 1. The molecule has 0 bridgehead atoms. The first kappa shape index (κ1) is 20.6. The van der Waals surface area contributed by atoms with Gasteiger partial charge in [0.15, 0.2) is 5.82 Å². The fourth-order valence-corrected chi connectivity index (χ4v) is 4.73. The lowest BCUT2D eigenvalue weighted by Gasteiger charge is -2.57. The maximum atomic E-state index is 10.1. The van der Waals surface area contributed by atoms with Gasteiger partial charge in [-0.05, 0) is 31.7 Å². The van der Waals surface area contributed by atoms with Crippen molar-refractivity contribution in [1.82, 2.24) is 20.1 Å². The van der Waals surface area contributed by atoms with Crippen LogP contribution in [0.1, 0.15) is 32.6 Å². The number of piperidine rings is 1. The van der Waals surface area contributed by atoms with Crippen LogP contribution >= 0.6 is 23.2 Å². The van der Waals surface area contributed by atoms with Crippen molar-refractivity contribution in [3.63, 3.8) is 0 Å². The van der Waals surface area contributed by atoms with E-state index in [4.69, 9.17) is 28.9 Å². The van der Waals surface area contributed by atoms with Crippen LogP contribution in [0.3, 0.4) is 0 Å². The van der Waals surface area contributed by atoms with Gasteiger partial charge >= 0.3 is 0 Å². The maximum absolute atomic E-state index is 10.1. The number of nitrogen functional groups attached to an aromatic ring is 1. The van der Waals surface area contributed by atoms with Crippen LogP contribution in [0.15, 0.2) is 18.2 Å². The molecule has 3 N–H and O–H groups in total. The highest BCUT2D eigenvalue weighted by Gasteiger charge is 2.47. The molecule has 0 amide bonds. The largest absolute Gasteiger partial charge is 0.392 e. The average molecular weight is 437 g/mol. The molecule has 2 fully saturated rings. The first-order valence-corrected chi connectivity index (χ1v) is 10.8. The second-order valence-corrected chi connectivity index (χ2v) is 8.74. The second kappa shape index (κ2) is 8.22. The van der Waals surface area contributed by atoms with Gasteiger partial charge in [0, 0.05) is 37.3 Å². The third kappa shape index (κ3) is 3.89. The highest BCUT2D eigenvalue weighted by atomic mass is 35.5. The highest BCUT2D eigenvalue weighted by Crippen LogP contribution is 2.40. The minimum atomic E-state index is -0.280. The number of nitrogens with zero attached hydrogens (tertiary/aromatic N) is 5. The molecule has 4 rings (SSSR count). The quantitative estimate of drug-likeness (QED) is 0.742. The van der Waals surface area contributed by atoms with Gasteiger partial charge in [-0.2, -0.15) is 4.98 Å². The summed E-state index contributed by atoms with van der Waals surface area (Å²) in [4.78, 5) is 9.09. The van der Waals surface area contributed by atoms with Gasteiger partial charge in [0.05, 0.1) is 16.1 Å². The molecular weight excluding hydrogens is 411 g/mol. The molecule has 7 nitrogen and oxygen atoms in total. The van der Waals surface area contributed by atoms with Crippen molar-refractivity contribution in [3.8, 4) is 11.3 Å². The first-order valence-electron chi connectivity index (χ1n) is 10.1. The van der Waals surface area contributed by atoms with E-state index in [1.54, 1.807) is 18.2 Å². The number of β-amino-alcohol motifs (C(OH)–C–C–N with tert-alkyl or cyclic N) is 1. The standard InChI is InChI=1S/C20H26Cl2N6O/c1-2-13(29)11-28-10-8-20(28)7-4-9-27(12-20)19-24-18(23)17(25-26-19)14-5-3-6-15(21)16(14)22/h3,5-6,13,29H,2,4,7-12H2,1H3,(H2,23,24,26)/t13-,20?/m1/s1. The van der Waals surface area contributed by atoms with Crippen molar-refractivity contribution in [2.45, 2.75) is 44.2 Å². The molecular formula is C20H26Cl2N6O. The van der Waals surface area contributed by atoms with Crippen LogP contribution in [0.2, 0.25) is 10.0 Å². The van der Waals surface area contributed by atoms with E-state index in [1.165, 1.54) is 0 Å². The van der Waals surface area contributed by atoms with Crippen LogP contribution in [0.4, 0.5) is 11.8 Å². The molecule has 2 saturated heterocycles. The van der Waals surface area contributed by atoms with Gasteiger partial charge in [0.1, 0.15) is 5.69 Å². The van der Waals surface area contributed by atoms with E-state index in [-0.39, 0.29) is 17.5 Å². The van der Waals surface area contributed by atoms with Crippen molar-refractivity contribution in [3.05, 3.63) is 28.2 Å². The number of nitrogens with two attached hydrogens (primary N) is 1. The lowest BCUT2D eigenvalue weighted by molar-refractivity contribution is -0.0522. The van der Waals surface area contributed by atoms with Gasteiger partial charge in [-0.25, -0.2) is 0 Å². The molecule has 2 aromatic rings. The summed E-state index contributed by atoms with van der Waals surface area (Å²) in [5.74, 6) is 0.817. The number of anilines is 2. The van der Waals surface area contributed by atoms with E-state index in [0.29, 0.717) is 27.3 Å². The molecule has 3 heterocycles. The Hall–Kier alpha value is -1.67. The summed E-state index contributed by atoms with van der Waals surface area (Å²) >= 11 is 12.4. The summed E-state index contributed by atoms with van der Waals surface area (Å²) in [7, 11) is 0. The Balaban J connectivity index is 1.55. The summed E-state index contributed by atoms with van der Waals surface area (Å²) in [5.41, 5.74) is 7.36. The van der Waals surface area contributed by atoms with Crippen molar-refractivity contribution < 1.29 is 5.11 Å². The van der Waals surface area contributed by atoms with Crippen LogP contribution in [0, 0.1) is 0 Å². The molecule has 9 heteroatoms. The van der Waals surface area contributed by atoms with E-state index in [9.17, 15) is 5.11 Å². The minimum Gasteiger partial charge on any atom is -0.392 e. The molecule has 29 heavy (non-hydrogen) atoms. The van der Waals surface area contributed by atoms with E-state index >= 15 is 0 Å². The maximum Gasteiger partial charge on any atom is 0.247 e. The van der Waals surface area contributed by atoms with Gasteiger partial charge in [-0.1, -0.05) is 42.3 Å². The zero-order chi connectivity index (χ0) is 20.6. The van der Waals surface area contributed by atoms with Crippen molar-refractivity contribution in [2.24, 2.45) is 0 Å². The molecule has 0 aliphatic carbocycles. The fraction of sp³-hybridized carbons (Fsp3) is 0.550. The van der Waals surface area contributed by atoms with Crippen LogP contribution in [-0.4, -0.2) is 63.0 Å². The fourth-order valence-electron chi connectivity index (χ4n) is 4.34. The minimum absolute atomic E-state index is 0.0848. The summed E-state index contributed by atoms with van der Waals surface area (Å²) < 4.78 is 0. The Labute approximate surface area is 180 Å². The molecule has 156 valence electrons. The van der Waals surface area contributed by atoms with Gasteiger partial charge in [0.2, 0.25) is 5.95 Å². The lowest BCUT2D eigenvalue weighted by atomic mass is 9.77. The van der Waals surface area contributed by atoms with Crippen LogP contribution in [0.5, 0.6) is 0 Å². The molecule has 0 radical (unpaired) electrons. The molecule has 2 aliphatic heterocycles. The number of likely N-dealkylation sites (tertiary alicyclic amines) is 1. The van der Waals surface area contributed by atoms with E-state index < -0.39 is 0 Å². The monoisotopic (exact) mass is 436 g/mol. The van der Waals surface area contributed by atoms with Gasteiger partial charge < -0.3 is 15.7 Å². The summed E-state index contributed by atoms with van der Waals surface area (Å²) in [6, 6.07) is 5.31. The van der Waals surface area contributed by atoms with Crippen LogP contribution < -0.4 is 10.6 Å². The number of aliphatic hydroxyl groups is 1. The smallest absolute Gasteiger partial charge is 0.247 e. The third-order valence-corrected chi connectivity index (χ3v) is 6.99. The van der Waals surface area contributed by atoms with Crippen molar-refractivity contribution >= 4 is 35.0 Å². The van der Waals surface area contributed by atoms with Crippen LogP contribution in [-0.2, 0) is 0 Å². The predicted octanol–water partition coefficient (Wildman–Crippen LogP) is 3.24. The Kier molecular flexibility index (Phi) is 5.84. The molecule has 2 atom stereocenters. The highest BCUT2D eigenvalue weighted by molar-refractivity contribution is 6.43. The third-order valence-electron chi connectivity index (χ3n) is 6.17. The number of aliphatic hydroxyl groups excluding tert-OH is 1. The Morgan fingerprint density at radius 1 is 1.24 bits per heavy atom. The van der Waals surface area contributed by atoms with Gasteiger partial charge in [0.25, 0.3) is 0 Å². The Bertz CT molecular complexity index is 897. The van der Waals surface area contributed by atoms with Gasteiger partial charge in [-0.3, -0.25) is 4.90 Å². The lowest BCUT2D eigenvalue weighted by Crippen LogP contribution is -2.68. The van der Waals surface area contributed by atoms with E-state index in [0.717, 1.165) is 51.9 Å². The van der Waals surface area contributed by atoms with Crippen molar-refractivity contribution in [1.29, 1.82) is 0 Å². The first-order chi connectivity index (χ1) is 13.9. The number of halogens is 2. The Morgan fingerprint density at radius 2 is 2.07 bits per heavy atom. The average Bonchev–Trinajstić information content (AvgIpc) is 2.73. The van der Waals surface area contributed by atoms with E-state index in [1.807, 2.05) is 6.92 Å². The van der Waals surface area contributed by atoms with Crippen LogP contribution in [0.25, 0.3) is 11.3 Å². The topological polar surface area (TPSA) is 91.4 Å². The molecule has 0 saturated carbocycles. The zero-order valence-corrected chi connectivity index (χ0v) is 18.0. The Morgan fingerprint density at radius 3 is 2.76 bits per heavy atom. The summed E-state index contributed by atoms with van der Waals surface area (Å²) in [5, 5.41) is 19.6. The number of aromatic nitrogens is 3. The SMILES string of the molecule is CC[C@@H](O)CN1CCC12CCCN(c1nnc(-c3cccc(Cl)c3Cl)c(N)n1)C2. The summed E-state index contributed by atoms with van der Waals surface area (Å²) in [6.45, 7) is 5.45. The summed E-state index contributed by atoms with van der Waals surface area (Å²) in [6.07, 6.45) is 3.79.